The Morgan fingerprint density at radius 1 is 1.09 bits per heavy atom. The monoisotopic (exact) mass is 312 g/mol. The van der Waals surface area contributed by atoms with Crippen molar-refractivity contribution in [1.29, 1.82) is 0 Å². The van der Waals surface area contributed by atoms with Crippen molar-refractivity contribution in [2.45, 2.75) is 20.4 Å². The van der Waals surface area contributed by atoms with E-state index in [1.165, 1.54) is 17.7 Å². The van der Waals surface area contributed by atoms with Crippen LogP contribution < -0.4 is 4.80 Å². The lowest BCUT2D eigenvalue weighted by atomic mass is 10.2. The van der Waals surface area contributed by atoms with E-state index in [1.807, 2.05) is 24.3 Å². The molecule has 0 N–H and O–H groups in total. The Bertz CT molecular complexity index is 844. The third-order valence-electron chi connectivity index (χ3n) is 3.47. The second-order valence-corrected chi connectivity index (χ2v) is 6.16. The molecule has 2 aromatic carbocycles. The Morgan fingerprint density at radius 3 is 2.59 bits per heavy atom. The van der Waals surface area contributed by atoms with Crippen molar-refractivity contribution in [2.24, 2.45) is 4.99 Å². The van der Waals surface area contributed by atoms with Gasteiger partial charge in [0.1, 0.15) is 5.82 Å². The molecule has 2 nitrogen and oxygen atoms in total. The fraction of sp³-hybridized carbons (Fsp3) is 0.167. The first-order valence-corrected chi connectivity index (χ1v) is 8.00. The van der Waals surface area contributed by atoms with Gasteiger partial charge < -0.3 is 4.57 Å². The molecule has 1 aromatic heterocycles. The maximum absolute atomic E-state index is 13.0. The van der Waals surface area contributed by atoms with Gasteiger partial charge >= 0.3 is 0 Å². The second kappa shape index (κ2) is 6.28. The van der Waals surface area contributed by atoms with Crippen LogP contribution in [0.3, 0.4) is 0 Å². The van der Waals surface area contributed by atoms with Gasteiger partial charge in [0.25, 0.3) is 0 Å². The zero-order valence-electron chi connectivity index (χ0n) is 12.6. The molecule has 0 radical (unpaired) electrons. The molecule has 0 atom stereocenters. The maximum Gasteiger partial charge on any atom is 0.190 e. The summed E-state index contributed by atoms with van der Waals surface area (Å²) in [4.78, 5) is 5.70. The Labute approximate surface area is 133 Å². The van der Waals surface area contributed by atoms with Crippen LogP contribution >= 0.6 is 11.3 Å². The summed E-state index contributed by atoms with van der Waals surface area (Å²) in [6, 6.07) is 14.8. The van der Waals surface area contributed by atoms with E-state index in [4.69, 9.17) is 4.99 Å². The largest absolute Gasteiger partial charge is 0.317 e. The summed E-state index contributed by atoms with van der Waals surface area (Å²) in [5.41, 5.74) is 4.36. The molecule has 0 aliphatic heterocycles. The van der Waals surface area contributed by atoms with Crippen molar-refractivity contribution in [2.75, 3.05) is 0 Å². The fourth-order valence-corrected chi connectivity index (χ4v) is 3.17. The fourth-order valence-electron chi connectivity index (χ4n) is 2.28. The van der Waals surface area contributed by atoms with Gasteiger partial charge in [0.2, 0.25) is 0 Å². The normalized spacial score (nSPS) is 11.9. The molecule has 3 aromatic rings. The first-order valence-electron chi connectivity index (χ1n) is 7.12. The third kappa shape index (κ3) is 3.34. The highest BCUT2D eigenvalue weighted by molar-refractivity contribution is 7.07. The van der Waals surface area contributed by atoms with Gasteiger partial charge in [-0.1, -0.05) is 24.3 Å². The molecule has 0 fully saturated rings. The highest BCUT2D eigenvalue weighted by atomic mass is 32.1. The molecular formula is C18H17FN2S. The predicted molar refractivity (Wildman–Crippen MR) is 89.0 cm³/mol. The lowest BCUT2D eigenvalue weighted by Crippen LogP contribution is -2.16. The number of hydrogen-bond acceptors (Lipinski definition) is 2. The van der Waals surface area contributed by atoms with E-state index in [-0.39, 0.29) is 5.82 Å². The molecule has 0 bridgehead atoms. The number of thiazole rings is 1. The standard InChI is InChI=1S/C18H17FN2S/c1-13-4-3-5-17(10-13)20-18-21(14(2)12-22-18)11-15-6-8-16(19)9-7-15/h3-10,12H,11H2,1-2H3. The summed E-state index contributed by atoms with van der Waals surface area (Å²) in [6.07, 6.45) is 0. The molecule has 3 rings (SSSR count). The van der Waals surface area contributed by atoms with Crippen LogP contribution in [-0.4, -0.2) is 4.57 Å². The highest BCUT2D eigenvalue weighted by Crippen LogP contribution is 2.14. The number of aromatic nitrogens is 1. The zero-order chi connectivity index (χ0) is 15.5. The number of benzene rings is 2. The summed E-state index contributed by atoms with van der Waals surface area (Å²) >= 11 is 1.62. The van der Waals surface area contributed by atoms with Crippen LogP contribution in [0.1, 0.15) is 16.8 Å². The molecule has 1 heterocycles. The lowest BCUT2D eigenvalue weighted by Gasteiger charge is -2.06. The van der Waals surface area contributed by atoms with Gasteiger partial charge in [-0.05, 0) is 49.2 Å². The molecule has 112 valence electrons. The van der Waals surface area contributed by atoms with Gasteiger partial charge in [0.15, 0.2) is 4.80 Å². The average Bonchev–Trinajstić information content (AvgIpc) is 2.83. The number of aryl methyl sites for hydroxylation is 2. The Morgan fingerprint density at radius 2 is 1.86 bits per heavy atom. The van der Waals surface area contributed by atoms with Gasteiger partial charge in [-0.25, -0.2) is 9.38 Å². The van der Waals surface area contributed by atoms with Crippen LogP contribution in [0, 0.1) is 19.7 Å². The summed E-state index contributed by atoms with van der Waals surface area (Å²) in [6.45, 7) is 4.82. The molecule has 0 unspecified atom stereocenters. The van der Waals surface area contributed by atoms with E-state index < -0.39 is 0 Å². The maximum atomic E-state index is 13.0. The number of hydrogen-bond donors (Lipinski definition) is 0. The minimum Gasteiger partial charge on any atom is -0.317 e. The van der Waals surface area contributed by atoms with E-state index in [0.717, 1.165) is 21.7 Å². The molecular weight excluding hydrogens is 295 g/mol. The lowest BCUT2D eigenvalue weighted by molar-refractivity contribution is 0.626. The molecule has 0 amide bonds. The molecule has 4 heteroatoms. The van der Waals surface area contributed by atoms with Crippen molar-refractivity contribution >= 4 is 17.0 Å². The SMILES string of the molecule is Cc1cccc(N=c2scc(C)n2Cc2ccc(F)cc2)c1. The van der Waals surface area contributed by atoms with Crippen molar-refractivity contribution in [3.8, 4) is 0 Å². The van der Waals surface area contributed by atoms with Crippen LogP contribution in [0.15, 0.2) is 58.9 Å². The Kier molecular flexibility index (Phi) is 4.20. The van der Waals surface area contributed by atoms with E-state index in [0.29, 0.717) is 6.54 Å². The van der Waals surface area contributed by atoms with Crippen LogP contribution in [0.25, 0.3) is 0 Å². The zero-order valence-corrected chi connectivity index (χ0v) is 13.4. The third-order valence-corrected chi connectivity index (χ3v) is 4.45. The Hall–Kier alpha value is -2.20. The van der Waals surface area contributed by atoms with Crippen molar-refractivity contribution in [3.05, 3.63) is 81.4 Å². The summed E-state index contributed by atoms with van der Waals surface area (Å²) < 4.78 is 15.2. The smallest absolute Gasteiger partial charge is 0.190 e. The van der Waals surface area contributed by atoms with E-state index in [2.05, 4.69) is 35.9 Å². The highest BCUT2D eigenvalue weighted by Gasteiger charge is 2.03. The summed E-state index contributed by atoms with van der Waals surface area (Å²) in [5.74, 6) is -0.208. The quantitative estimate of drug-likeness (QED) is 0.673. The van der Waals surface area contributed by atoms with Gasteiger partial charge in [-0.3, -0.25) is 0 Å². The van der Waals surface area contributed by atoms with E-state index in [9.17, 15) is 4.39 Å². The van der Waals surface area contributed by atoms with Gasteiger partial charge in [-0.15, -0.1) is 11.3 Å². The first-order chi connectivity index (χ1) is 10.6. The predicted octanol–water partition coefficient (Wildman–Crippen LogP) is 4.59. The molecule has 0 aliphatic carbocycles. The number of rotatable bonds is 3. The minimum absolute atomic E-state index is 0.208. The van der Waals surface area contributed by atoms with Gasteiger partial charge in [-0.2, -0.15) is 0 Å². The van der Waals surface area contributed by atoms with E-state index >= 15 is 0 Å². The Balaban J connectivity index is 1.99. The topological polar surface area (TPSA) is 17.3 Å². The van der Waals surface area contributed by atoms with Crippen LogP contribution in [-0.2, 0) is 6.54 Å². The molecule has 0 spiro atoms. The minimum atomic E-state index is -0.208. The average molecular weight is 312 g/mol. The van der Waals surface area contributed by atoms with Gasteiger partial charge in [0, 0.05) is 11.1 Å². The molecule has 22 heavy (non-hydrogen) atoms. The summed E-state index contributed by atoms with van der Waals surface area (Å²) in [5, 5.41) is 2.10. The first kappa shape index (κ1) is 14.7. The van der Waals surface area contributed by atoms with Crippen molar-refractivity contribution in [3.63, 3.8) is 0 Å². The van der Waals surface area contributed by atoms with Gasteiger partial charge in [0.05, 0.1) is 12.2 Å². The molecule has 0 saturated heterocycles. The van der Waals surface area contributed by atoms with Crippen LogP contribution in [0.4, 0.5) is 10.1 Å². The van der Waals surface area contributed by atoms with Crippen molar-refractivity contribution < 1.29 is 4.39 Å². The molecule has 0 saturated carbocycles. The summed E-state index contributed by atoms with van der Waals surface area (Å²) in [7, 11) is 0. The number of nitrogens with zero attached hydrogens (tertiary/aromatic N) is 2. The van der Waals surface area contributed by atoms with Crippen LogP contribution in [0.2, 0.25) is 0 Å². The number of halogens is 1. The second-order valence-electron chi connectivity index (χ2n) is 5.32. The van der Waals surface area contributed by atoms with Crippen molar-refractivity contribution in [1.82, 2.24) is 4.57 Å². The van der Waals surface area contributed by atoms with Crippen LogP contribution in [0.5, 0.6) is 0 Å². The molecule has 0 aliphatic rings. The van der Waals surface area contributed by atoms with E-state index in [1.54, 1.807) is 11.3 Å².